The quantitative estimate of drug-likeness (QED) is 0.776. The second-order valence-electron chi connectivity index (χ2n) is 8.89. The number of primary amides is 1. The molecule has 2 fully saturated rings. The number of allylic oxidation sites excluding steroid dienone is 4. The highest BCUT2D eigenvalue weighted by Crippen LogP contribution is 2.65. The van der Waals surface area contributed by atoms with Gasteiger partial charge in [0.25, 0.3) is 0 Å². The summed E-state index contributed by atoms with van der Waals surface area (Å²) in [5, 5.41) is 0. The van der Waals surface area contributed by atoms with Crippen LogP contribution in [0.2, 0.25) is 0 Å². The lowest BCUT2D eigenvalue weighted by Crippen LogP contribution is -2.51. The van der Waals surface area contributed by atoms with E-state index in [2.05, 4.69) is 26.0 Å². The zero-order valence-corrected chi connectivity index (χ0v) is 14.7. The normalized spacial score (nSPS) is 47.2. The van der Waals surface area contributed by atoms with Crippen LogP contribution in [0.15, 0.2) is 23.4 Å². The number of hydrogen-bond donors (Lipinski definition) is 2. The molecule has 4 aliphatic rings. The number of fused-ring (bicyclic) bond motifs is 5. The Hall–Kier alpha value is -1.58. The standard InChI is InChI=1S/C20H28N2O2/c1-19-10-8-16(23)17(21)14(19)4-3-11-12-5-6-15(18(22)24)20(12,2)9-7-13(11)19/h3-4,11-13,15H,5-10,21H2,1-2H3,(H2,22,24)/t11-,12-,13-,15+,19+,20-/m0/s1. The lowest BCUT2D eigenvalue weighted by Gasteiger charge is -2.56. The Kier molecular flexibility index (Phi) is 3.29. The molecule has 4 N–H and O–H groups in total. The maximum atomic E-state index is 12.0. The van der Waals surface area contributed by atoms with E-state index in [9.17, 15) is 9.59 Å². The van der Waals surface area contributed by atoms with Gasteiger partial charge in [-0.15, -0.1) is 0 Å². The Bertz CT molecular complexity index is 679. The topological polar surface area (TPSA) is 86.2 Å². The van der Waals surface area contributed by atoms with E-state index >= 15 is 0 Å². The SMILES string of the molecule is C[C@]12CC[C@H]3[C@@H](C=CC4=C(N)C(=O)CC[C@@]43C)[C@@H]1CC[C@@H]2C(N)=O. The molecule has 4 heteroatoms. The Labute approximate surface area is 143 Å². The molecular formula is C20H28N2O2. The van der Waals surface area contributed by atoms with Gasteiger partial charge in [0.2, 0.25) is 5.91 Å². The Morgan fingerprint density at radius 3 is 2.62 bits per heavy atom. The number of Topliss-reactive ketones (excluding diaryl/α,β-unsaturated/α-hetero) is 1. The van der Waals surface area contributed by atoms with Crippen LogP contribution in [-0.4, -0.2) is 11.7 Å². The van der Waals surface area contributed by atoms with Gasteiger partial charge in [0.15, 0.2) is 5.78 Å². The largest absolute Gasteiger partial charge is 0.396 e. The van der Waals surface area contributed by atoms with Gasteiger partial charge in [0.05, 0.1) is 5.70 Å². The van der Waals surface area contributed by atoms with E-state index < -0.39 is 0 Å². The highest BCUT2D eigenvalue weighted by atomic mass is 16.1. The minimum absolute atomic E-state index is 0.00352. The third kappa shape index (κ3) is 1.86. The summed E-state index contributed by atoms with van der Waals surface area (Å²) in [6, 6.07) is 0. The van der Waals surface area contributed by atoms with Gasteiger partial charge in [-0.2, -0.15) is 0 Å². The first-order valence-electron chi connectivity index (χ1n) is 9.30. The second kappa shape index (κ2) is 4.96. The first kappa shape index (κ1) is 15.9. The molecule has 0 bridgehead atoms. The smallest absolute Gasteiger partial charge is 0.221 e. The molecule has 24 heavy (non-hydrogen) atoms. The summed E-state index contributed by atoms with van der Waals surface area (Å²) in [4.78, 5) is 24.0. The summed E-state index contributed by atoms with van der Waals surface area (Å²) >= 11 is 0. The molecule has 6 atom stereocenters. The summed E-state index contributed by atoms with van der Waals surface area (Å²) in [6.07, 6.45) is 10.0. The van der Waals surface area contributed by atoms with E-state index in [-0.39, 0.29) is 28.4 Å². The van der Waals surface area contributed by atoms with Crippen molar-refractivity contribution in [2.75, 3.05) is 0 Å². The summed E-state index contributed by atoms with van der Waals surface area (Å²) < 4.78 is 0. The van der Waals surface area contributed by atoms with Crippen molar-refractivity contribution < 1.29 is 9.59 Å². The Balaban J connectivity index is 1.75. The van der Waals surface area contributed by atoms with Gasteiger partial charge in [-0.25, -0.2) is 0 Å². The minimum Gasteiger partial charge on any atom is -0.396 e. The van der Waals surface area contributed by atoms with E-state index in [4.69, 9.17) is 11.5 Å². The zero-order valence-electron chi connectivity index (χ0n) is 14.7. The van der Waals surface area contributed by atoms with Crippen LogP contribution >= 0.6 is 0 Å². The first-order valence-corrected chi connectivity index (χ1v) is 9.30. The molecule has 0 radical (unpaired) electrons. The molecule has 0 aromatic rings. The number of rotatable bonds is 1. The van der Waals surface area contributed by atoms with Crippen molar-refractivity contribution in [3.8, 4) is 0 Å². The van der Waals surface area contributed by atoms with Crippen LogP contribution in [0, 0.1) is 34.5 Å². The van der Waals surface area contributed by atoms with E-state index in [1.807, 2.05) is 0 Å². The molecular weight excluding hydrogens is 300 g/mol. The molecule has 0 saturated heterocycles. The monoisotopic (exact) mass is 328 g/mol. The lowest BCUT2D eigenvalue weighted by atomic mass is 9.48. The molecule has 2 saturated carbocycles. The van der Waals surface area contributed by atoms with Crippen molar-refractivity contribution in [3.05, 3.63) is 23.4 Å². The van der Waals surface area contributed by atoms with Crippen LogP contribution in [-0.2, 0) is 9.59 Å². The summed E-state index contributed by atoms with van der Waals surface area (Å²) in [5.74, 6) is 1.50. The van der Waals surface area contributed by atoms with Gasteiger partial charge in [0, 0.05) is 12.3 Å². The molecule has 0 heterocycles. The summed E-state index contributed by atoms with van der Waals surface area (Å²) in [5.41, 5.74) is 13.4. The second-order valence-corrected chi connectivity index (χ2v) is 8.89. The molecule has 0 aliphatic heterocycles. The van der Waals surface area contributed by atoms with E-state index in [1.165, 1.54) is 0 Å². The summed E-state index contributed by atoms with van der Waals surface area (Å²) in [6.45, 7) is 4.57. The molecule has 0 aromatic heterocycles. The number of hydrogen-bond acceptors (Lipinski definition) is 3. The van der Waals surface area contributed by atoms with Gasteiger partial charge in [-0.05, 0) is 66.3 Å². The van der Waals surface area contributed by atoms with Crippen molar-refractivity contribution in [2.45, 2.75) is 52.4 Å². The number of nitrogens with two attached hydrogens (primary N) is 2. The molecule has 130 valence electrons. The van der Waals surface area contributed by atoms with Gasteiger partial charge in [-0.3, -0.25) is 9.59 Å². The number of carbonyl (C=O) groups excluding carboxylic acids is 2. The number of amides is 1. The van der Waals surface area contributed by atoms with E-state index in [0.29, 0.717) is 29.9 Å². The molecule has 4 nitrogen and oxygen atoms in total. The van der Waals surface area contributed by atoms with Crippen LogP contribution in [0.3, 0.4) is 0 Å². The molecule has 1 amide bonds. The Morgan fingerprint density at radius 1 is 1.17 bits per heavy atom. The van der Waals surface area contributed by atoms with Crippen molar-refractivity contribution in [2.24, 2.45) is 46.0 Å². The minimum atomic E-state index is -0.127. The highest BCUT2D eigenvalue weighted by Gasteiger charge is 2.59. The van der Waals surface area contributed by atoms with E-state index in [1.54, 1.807) is 0 Å². The predicted molar refractivity (Wildman–Crippen MR) is 92.4 cm³/mol. The maximum Gasteiger partial charge on any atom is 0.221 e. The number of carbonyl (C=O) groups is 2. The average Bonchev–Trinajstić information content (AvgIpc) is 2.89. The average molecular weight is 328 g/mol. The zero-order chi connectivity index (χ0) is 17.3. The fourth-order valence-corrected chi connectivity index (χ4v) is 6.65. The van der Waals surface area contributed by atoms with E-state index in [0.717, 1.165) is 37.7 Å². The van der Waals surface area contributed by atoms with Gasteiger partial charge < -0.3 is 11.5 Å². The van der Waals surface area contributed by atoms with Crippen molar-refractivity contribution in [1.82, 2.24) is 0 Å². The van der Waals surface area contributed by atoms with Crippen LogP contribution in [0.4, 0.5) is 0 Å². The van der Waals surface area contributed by atoms with Gasteiger partial charge >= 0.3 is 0 Å². The number of ketones is 1. The first-order chi connectivity index (χ1) is 11.3. The fourth-order valence-electron chi connectivity index (χ4n) is 6.65. The van der Waals surface area contributed by atoms with Gasteiger partial charge in [0.1, 0.15) is 0 Å². The molecule has 0 unspecified atom stereocenters. The molecule has 0 spiro atoms. The third-order valence-corrected chi connectivity index (χ3v) is 8.06. The van der Waals surface area contributed by atoms with Crippen molar-refractivity contribution >= 4 is 11.7 Å². The van der Waals surface area contributed by atoms with Crippen molar-refractivity contribution in [3.63, 3.8) is 0 Å². The lowest BCUT2D eigenvalue weighted by molar-refractivity contribution is -0.128. The fraction of sp³-hybridized carbons (Fsp3) is 0.700. The maximum absolute atomic E-state index is 12.0. The summed E-state index contributed by atoms with van der Waals surface area (Å²) in [7, 11) is 0. The molecule has 4 aliphatic carbocycles. The van der Waals surface area contributed by atoms with Crippen LogP contribution in [0.5, 0.6) is 0 Å². The predicted octanol–water partition coefficient (Wildman–Crippen LogP) is 2.68. The third-order valence-electron chi connectivity index (χ3n) is 8.06. The molecule has 4 rings (SSSR count). The van der Waals surface area contributed by atoms with Crippen molar-refractivity contribution in [1.29, 1.82) is 0 Å². The van der Waals surface area contributed by atoms with Crippen LogP contribution in [0.25, 0.3) is 0 Å². The van der Waals surface area contributed by atoms with Crippen LogP contribution < -0.4 is 11.5 Å². The van der Waals surface area contributed by atoms with Gasteiger partial charge in [-0.1, -0.05) is 26.0 Å². The highest BCUT2D eigenvalue weighted by molar-refractivity contribution is 5.97. The van der Waals surface area contributed by atoms with Crippen LogP contribution in [0.1, 0.15) is 52.4 Å². The Morgan fingerprint density at radius 2 is 1.92 bits per heavy atom. The molecule has 0 aromatic carbocycles.